The standard InChI is InChI=1S/C17H34NO4P/c1-2-3-4-5-6-7-8-9-10-11-12-13-14-18(23-22)16(15-19)17(20)21/h16,19H,2-15H2,1H3,(H,20,21)/p+1. The summed E-state index contributed by atoms with van der Waals surface area (Å²) in [7, 11) is -0.817. The first kappa shape index (κ1) is 22.5. The van der Waals surface area contributed by atoms with Crippen molar-refractivity contribution in [3.8, 4) is 0 Å². The minimum absolute atomic E-state index is 0.469. The van der Waals surface area contributed by atoms with E-state index < -0.39 is 27.2 Å². The monoisotopic (exact) mass is 348 g/mol. The molecule has 0 aliphatic rings. The second kappa shape index (κ2) is 16.4. The second-order valence-corrected chi connectivity index (χ2v) is 6.97. The summed E-state index contributed by atoms with van der Waals surface area (Å²) in [5, 5.41) is 18.0. The van der Waals surface area contributed by atoms with Crippen LogP contribution in [0.25, 0.3) is 0 Å². The largest absolute Gasteiger partial charge is 0.480 e. The first-order valence-electron chi connectivity index (χ1n) is 9.15. The van der Waals surface area contributed by atoms with Crippen LogP contribution in [0, 0.1) is 0 Å². The lowest BCUT2D eigenvalue weighted by Gasteiger charge is -2.14. The van der Waals surface area contributed by atoms with Crippen molar-refractivity contribution in [3.05, 3.63) is 0 Å². The Morgan fingerprint density at radius 1 is 0.913 bits per heavy atom. The van der Waals surface area contributed by atoms with Gasteiger partial charge in [-0.05, 0) is 6.42 Å². The minimum atomic E-state index is -1.12. The molecule has 0 aromatic heterocycles. The highest BCUT2D eigenvalue weighted by molar-refractivity contribution is 7.20. The van der Waals surface area contributed by atoms with Gasteiger partial charge in [0.25, 0.3) is 0 Å². The fourth-order valence-electron chi connectivity index (χ4n) is 2.70. The van der Waals surface area contributed by atoms with Gasteiger partial charge in [0, 0.05) is 6.54 Å². The lowest BCUT2D eigenvalue weighted by atomic mass is 10.1. The summed E-state index contributed by atoms with van der Waals surface area (Å²) in [6, 6.07) is -1.04. The SMILES string of the molecule is CCCCCCCCCCCCCCN([PH+]=O)C(CO)C(=O)O. The molecule has 0 saturated carbocycles. The number of carbonyl (C=O) groups is 1. The van der Waals surface area contributed by atoms with Crippen molar-refractivity contribution < 1.29 is 19.6 Å². The Kier molecular flexibility index (Phi) is 16.0. The van der Waals surface area contributed by atoms with Crippen molar-refractivity contribution in [1.82, 2.24) is 4.67 Å². The lowest BCUT2D eigenvalue weighted by molar-refractivity contribution is -0.142. The molecule has 0 rings (SSSR count). The predicted octanol–water partition coefficient (Wildman–Crippen LogP) is 4.37. The van der Waals surface area contributed by atoms with E-state index in [1.54, 1.807) is 0 Å². The second-order valence-electron chi connectivity index (χ2n) is 6.21. The zero-order valence-corrected chi connectivity index (χ0v) is 15.6. The van der Waals surface area contributed by atoms with Gasteiger partial charge in [-0.25, -0.2) is 0 Å². The van der Waals surface area contributed by atoms with E-state index in [1.807, 2.05) is 0 Å². The van der Waals surface area contributed by atoms with Crippen molar-refractivity contribution in [2.45, 2.75) is 90.0 Å². The number of hydrogen-bond donors (Lipinski definition) is 2. The van der Waals surface area contributed by atoms with Gasteiger partial charge in [-0.2, -0.15) is 0 Å². The highest BCUT2D eigenvalue weighted by Gasteiger charge is 2.29. The number of unbranched alkanes of at least 4 members (excludes halogenated alkanes) is 11. The predicted molar refractivity (Wildman–Crippen MR) is 95.3 cm³/mol. The van der Waals surface area contributed by atoms with E-state index in [2.05, 4.69) is 6.92 Å². The summed E-state index contributed by atoms with van der Waals surface area (Å²) in [5.41, 5.74) is 0. The number of hydrogen-bond acceptors (Lipinski definition) is 3. The molecule has 0 amide bonds. The first-order chi connectivity index (χ1) is 11.2. The number of carboxylic acid groups (broad SMARTS) is 1. The van der Waals surface area contributed by atoms with Crippen molar-refractivity contribution in [1.29, 1.82) is 0 Å². The molecule has 0 fully saturated rings. The number of aliphatic carboxylic acids is 1. The molecule has 0 aromatic rings. The van der Waals surface area contributed by atoms with Crippen LogP contribution in [0.3, 0.4) is 0 Å². The van der Waals surface area contributed by atoms with Crippen molar-refractivity contribution in [3.63, 3.8) is 0 Å². The normalized spacial score (nSPS) is 12.8. The average molecular weight is 348 g/mol. The molecule has 0 heterocycles. The number of nitrogens with zero attached hydrogens (tertiary/aromatic N) is 1. The van der Waals surface area contributed by atoms with E-state index in [1.165, 1.54) is 62.5 Å². The molecule has 0 bridgehead atoms. The fraction of sp³-hybridized carbons (Fsp3) is 0.941. The van der Waals surface area contributed by atoms with Gasteiger partial charge in [0.1, 0.15) is 0 Å². The molecule has 0 aromatic carbocycles. The van der Waals surface area contributed by atoms with Gasteiger partial charge in [0.15, 0.2) is 6.04 Å². The third-order valence-electron chi connectivity index (χ3n) is 4.20. The summed E-state index contributed by atoms with van der Waals surface area (Å²) in [6.07, 6.45) is 14.9. The summed E-state index contributed by atoms with van der Waals surface area (Å²) in [6.45, 7) is 2.21. The maximum absolute atomic E-state index is 11.0. The van der Waals surface area contributed by atoms with Gasteiger partial charge < -0.3 is 10.2 Å². The van der Waals surface area contributed by atoms with Crippen LogP contribution in [0.1, 0.15) is 84.0 Å². The molecular formula is C17H35NO4P+. The van der Waals surface area contributed by atoms with Gasteiger partial charge >= 0.3 is 14.6 Å². The summed E-state index contributed by atoms with van der Waals surface area (Å²) < 4.78 is 12.4. The van der Waals surface area contributed by atoms with Gasteiger partial charge in [0.2, 0.25) is 0 Å². The van der Waals surface area contributed by atoms with Gasteiger partial charge in [-0.1, -0.05) is 86.8 Å². The molecule has 23 heavy (non-hydrogen) atoms. The van der Waals surface area contributed by atoms with Crippen LogP contribution in [0.2, 0.25) is 0 Å². The number of rotatable bonds is 17. The molecule has 0 spiro atoms. The molecule has 0 aliphatic heterocycles. The van der Waals surface area contributed by atoms with E-state index in [-0.39, 0.29) is 0 Å². The zero-order valence-electron chi connectivity index (χ0n) is 14.6. The Hall–Kier alpha value is -0.510. The Bertz CT molecular complexity index is 302. The lowest BCUT2D eigenvalue weighted by Crippen LogP contribution is -2.38. The highest BCUT2D eigenvalue weighted by atomic mass is 31.1. The number of carboxylic acids is 1. The fourth-order valence-corrected chi connectivity index (χ4v) is 3.27. The van der Waals surface area contributed by atoms with Gasteiger partial charge in [-0.3, -0.25) is 4.79 Å². The topological polar surface area (TPSA) is 77.8 Å². The average Bonchev–Trinajstić information content (AvgIpc) is 2.54. The molecule has 136 valence electrons. The summed E-state index contributed by atoms with van der Waals surface area (Å²) in [4.78, 5) is 10.9. The quantitative estimate of drug-likeness (QED) is 0.301. The van der Waals surface area contributed by atoms with E-state index >= 15 is 0 Å². The maximum atomic E-state index is 11.0. The maximum Gasteiger partial charge on any atom is 0.421 e. The van der Waals surface area contributed by atoms with Crippen molar-refractivity contribution >= 4 is 14.6 Å². The molecule has 0 radical (unpaired) electrons. The Morgan fingerprint density at radius 2 is 1.35 bits per heavy atom. The van der Waals surface area contributed by atoms with Crippen LogP contribution in [0.15, 0.2) is 0 Å². The van der Waals surface area contributed by atoms with Gasteiger partial charge in [0.05, 0.1) is 6.61 Å². The molecule has 2 atom stereocenters. The Balaban J connectivity index is 3.47. The molecular weight excluding hydrogens is 313 g/mol. The molecule has 5 nitrogen and oxygen atoms in total. The van der Waals surface area contributed by atoms with Crippen LogP contribution >= 0.6 is 8.61 Å². The van der Waals surface area contributed by atoms with Crippen molar-refractivity contribution in [2.75, 3.05) is 13.2 Å². The van der Waals surface area contributed by atoms with Gasteiger partial charge in [-0.15, -0.1) is 0 Å². The molecule has 6 heteroatoms. The molecule has 2 unspecified atom stereocenters. The summed E-state index contributed by atoms with van der Waals surface area (Å²) >= 11 is 0. The smallest absolute Gasteiger partial charge is 0.421 e. The molecule has 0 aliphatic carbocycles. The molecule has 2 N–H and O–H groups in total. The third kappa shape index (κ3) is 12.6. The van der Waals surface area contributed by atoms with Crippen LogP contribution in [0.5, 0.6) is 0 Å². The number of aliphatic hydroxyl groups is 1. The third-order valence-corrected chi connectivity index (χ3v) is 4.97. The van der Waals surface area contributed by atoms with Crippen LogP contribution in [0.4, 0.5) is 0 Å². The summed E-state index contributed by atoms with van der Waals surface area (Å²) in [5.74, 6) is -1.12. The first-order valence-corrected chi connectivity index (χ1v) is 10.0. The van der Waals surface area contributed by atoms with E-state index in [4.69, 9.17) is 10.2 Å². The van der Waals surface area contributed by atoms with E-state index in [0.29, 0.717) is 6.54 Å². The minimum Gasteiger partial charge on any atom is -0.480 e. The molecule has 0 saturated heterocycles. The van der Waals surface area contributed by atoms with Crippen LogP contribution < -0.4 is 0 Å². The van der Waals surface area contributed by atoms with E-state index in [0.717, 1.165) is 19.3 Å². The van der Waals surface area contributed by atoms with Crippen LogP contribution in [-0.2, 0) is 9.36 Å². The Morgan fingerprint density at radius 3 is 1.70 bits per heavy atom. The van der Waals surface area contributed by atoms with E-state index in [9.17, 15) is 9.36 Å². The van der Waals surface area contributed by atoms with Crippen molar-refractivity contribution in [2.24, 2.45) is 0 Å². The highest BCUT2D eigenvalue weighted by Crippen LogP contribution is 2.15. The van der Waals surface area contributed by atoms with Crippen LogP contribution in [-0.4, -0.2) is 40.0 Å². The zero-order chi connectivity index (χ0) is 17.3. The Labute approximate surface area is 142 Å². The number of aliphatic hydroxyl groups excluding tert-OH is 1.